The number of piperidine rings is 2. The Hall–Kier alpha value is -0.0800. The minimum absolute atomic E-state index is 0.777. The van der Waals surface area contributed by atoms with Gasteiger partial charge in [-0.05, 0) is 46.1 Å². The average Bonchev–Trinajstić information content (AvgIpc) is 2.37. The third-order valence-electron chi connectivity index (χ3n) is 5.17. The van der Waals surface area contributed by atoms with Gasteiger partial charge in [-0.15, -0.1) is 0 Å². The first-order chi connectivity index (χ1) is 8.76. The fourth-order valence-corrected chi connectivity index (χ4v) is 4.21. The monoisotopic (exact) mass is 252 g/mol. The normalized spacial score (nSPS) is 34.5. The van der Waals surface area contributed by atoms with Gasteiger partial charge in [-0.3, -0.25) is 4.90 Å². The molecule has 0 aromatic heterocycles. The maximum absolute atomic E-state index is 3.52. The lowest BCUT2D eigenvalue weighted by Gasteiger charge is -2.51. The topological polar surface area (TPSA) is 15.3 Å². The predicted molar refractivity (Wildman–Crippen MR) is 79.0 cm³/mol. The Balaban J connectivity index is 1.91. The Morgan fingerprint density at radius 2 is 1.83 bits per heavy atom. The number of hydrogen-bond donors (Lipinski definition) is 1. The number of fused-ring (bicyclic) bond motifs is 2. The van der Waals surface area contributed by atoms with E-state index in [1.165, 1.54) is 57.8 Å². The van der Waals surface area contributed by atoms with Gasteiger partial charge in [0.15, 0.2) is 0 Å². The predicted octanol–water partition coefficient (Wildman–Crippen LogP) is 3.56. The van der Waals surface area contributed by atoms with Crippen molar-refractivity contribution in [3.05, 3.63) is 0 Å². The van der Waals surface area contributed by atoms with Crippen molar-refractivity contribution in [3.63, 3.8) is 0 Å². The van der Waals surface area contributed by atoms with Gasteiger partial charge < -0.3 is 5.32 Å². The van der Waals surface area contributed by atoms with Crippen molar-refractivity contribution in [1.82, 2.24) is 10.2 Å². The summed E-state index contributed by atoms with van der Waals surface area (Å²) in [4.78, 5) is 2.90. The summed E-state index contributed by atoms with van der Waals surface area (Å²) in [7, 11) is 2.14. The van der Waals surface area contributed by atoms with E-state index in [-0.39, 0.29) is 0 Å². The maximum atomic E-state index is 3.52. The summed E-state index contributed by atoms with van der Waals surface area (Å²) in [5, 5.41) is 3.52. The molecule has 2 heteroatoms. The van der Waals surface area contributed by atoms with Crippen LogP contribution in [0, 0.1) is 0 Å². The molecule has 2 rings (SSSR count). The number of rotatable bonds is 6. The van der Waals surface area contributed by atoms with Crippen LogP contribution in [0.15, 0.2) is 0 Å². The van der Waals surface area contributed by atoms with Crippen LogP contribution in [0.25, 0.3) is 0 Å². The number of nitrogens with one attached hydrogen (secondary N) is 1. The highest BCUT2D eigenvalue weighted by molar-refractivity contribution is 4.96. The first kappa shape index (κ1) is 14.3. The molecule has 3 unspecified atom stereocenters. The van der Waals surface area contributed by atoms with Gasteiger partial charge in [0.25, 0.3) is 0 Å². The van der Waals surface area contributed by atoms with Gasteiger partial charge in [-0.2, -0.15) is 0 Å². The molecule has 2 nitrogen and oxygen atoms in total. The fourth-order valence-electron chi connectivity index (χ4n) is 4.21. The number of unbranched alkanes of at least 4 members (excludes halogenated alkanes) is 2. The van der Waals surface area contributed by atoms with E-state index in [0.29, 0.717) is 0 Å². The first-order valence-corrected chi connectivity index (χ1v) is 8.21. The summed E-state index contributed by atoms with van der Waals surface area (Å²) < 4.78 is 0. The standard InChI is InChI=1S/C16H32N2/c1-4-5-6-8-13(2)18-15-9-7-10-16(18)12-14(11-15)17-3/h13-17H,4-12H2,1-3H3. The molecule has 0 radical (unpaired) electrons. The highest BCUT2D eigenvalue weighted by Crippen LogP contribution is 2.36. The quantitative estimate of drug-likeness (QED) is 0.727. The van der Waals surface area contributed by atoms with E-state index in [4.69, 9.17) is 0 Å². The molecule has 0 aliphatic carbocycles. The minimum Gasteiger partial charge on any atom is -0.317 e. The van der Waals surface area contributed by atoms with Gasteiger partial charge in [0, 0.05) is 24.2 Å². The van der Waals surface area contributed by atoms with Crippen molar-refractivity contribution < 1.29 is 0 Å². The molecule has 106 valence electrons. The van der Waals surface area contributed by atoms with Crippen LogP contribution in [-0.2, 0) is 0 Å². The zero-order chi connectivity index (χ0) is 13.0. The molecule has 2 fully saturated rings. The Kier molecular flexibility index (Phi) is 5.50. The van der Waals surface area contributed by atoms with E-state index in [9.17, 15) is 0 Å². The summed E-state index contributed by atoms with van der Waals surface area (Å²) >= 11 is 0. The maximum Gasteiger partial charge on any atom is 0.0116 e. The lowest BCUT2D eigenvalue weighted by molar-refractivity contribution is -0.00729. The molecule has 2 bridgehead atoms. The van der Waals surface area contributed by atoms with E-state index < -0.39 is 0 Å². The number of nitrogens with zero attached hydrogens (tertiary/aromatic N) is 1. The molecular formula is C16H32N2. The van der Waals surface area contributed by atoms with Crippen LogP contribution in [0.2, 0.25) is 0 Å². The molecule has 0 spiro atoms. The van der Waals surface area contributed by atoms with Crippen LogP contribution < -0.4 is 5.32 Å². The Morgan fingerprint density at radius 3 is 2.39 bits per heavy atom. The molecule has 2 heterocycles. The van der Waals surface area contributed by atoms with Crippen LogP contribution in [-0.4, -0.2) is 36.1 Å². The third-order valence-corrected chi connectivity index (χ3v) is 5.17. The summed E-state index contributed by atoms with van der Waals surface area (Å²) in [6, 6.07) is 3.32. The van der Waals surface area contributed by atoms with Crippen molar-refractivity contribution in [3.8, 4) is 0 Å². The highest BCUT2D eigenvalue weighted by Gasteiger charge is 2.39. The molecule has 2 aliphatic heterocycles. The SMILES string of the molecule is CCCCCC(C)N1C2CCCC1CC(NC)C2. The molecule has 3 atom stereocenters. The van der Waals surface area contributed by atoms with Crippen molar-refractivity contribution in [2.24, 2.45) is 0 Å². The molecular weight excluding hydrogens is 220 g/mol. The molecule has 0 saturated carbocycles. The fraction of sp³-hybridized carbons (Fsp3) is 1.00. The summed E-state index contributed by atoms with van der Waals surface area (Å²) in [6.45, 7) is 4.78. The lowest BCUT2D eigenvalue weighted by Crippen LogP contribution is -2.58. The van der Waals surface area contributed by atoms with Gasteiger partial charge in [-0.1, -0.05) is 32.6 Å². The number of hydrogen-bond acceptors (Lipinski definition) is 2. The second-order valence-electron chi connectivity index (χ2n) is 6.49. The van der Waals surface area contributed by atoms with E-state index >= 15 is 0 Å². The van der Waals surface area contributed by atoms with Gasteiger partial charge in [0.2, 0.25) is 0 Å². The second kappa shape index (κ2) is 6.91. The largest absolute Gasteiger partial charge is 0.317 e. The lowest BCUT2D eigenvalue weighted by atomic mass is 9.80. The van der Waals surface area contributed by atoms with E-state index in [1.54, 1.807) is 0 Å². The van der Waals surface area contributed by atoms with Crippen LogP contribution in [0.5, 0.6) is 0 Å². The van der Waals surface area contributed by atoms with Gasteiger partial charge in [0.05, 0.1) is 0 Å². The van der Waals surface area contributed by atoms with Crippen LogP contribution >= 0.6 is 0 Å². The molecule has 0 aromatic rings. The van der Waals surface area contributed by atoms with Crippen molar-refractivity contribution in [1.29, 1.82) is 0 Å². The van der Waals surface area contributed by atoms with E-state index in [2.05, 4.69) is 31.1 Å². The van der Waals surface area contributed by atoms with Crippen LogP contribution in [0.3, 0.4) is 0 Å². The summed E-state index contributed by atoms with van der Waals surface area (Å²) in [5.74, 6) is 0. The van der Waals surface area contributed by atoms with E-state index in [0.717, 1.165) is 24.2 Å². The molecule has 2 aliphatic rings. The smallest absolute Gasteiger partial charge is 0.0116 e. The van der Waals surface area contributed by atoms with Crippen molar-refractivity contribution in [2.75, 3.05) is 7.05 Å². The third kappa shape index (κ3) is 3.27. The van der Waals surface area contributed by atoms with Crippen molar-refractivity contribution in [2.45, 2.75) is 95.8 Å². The van der Waals surface area contributed by atoms with Gasteiger partial charge >= 0.3 is 0 Å². The minimum atomic E-state index is 0.777. The molecule has 1 N–H and O–H groups in total. The van der Waals surface area contributed by atoms with Crippen LogP contribution in [0.4, 0.5) is 0 Å². The molecule has 0 amide bonds. The zero-order valence-electron chi connectivity index (χ0n) is 12.6. The molecule has 2 saturated heterocycles. The Bertz CT molecular complexity index is 227. The van der Waals surface area contributed by atoms with E-state index in [1.807, 2.05) is 0 Å². The average molecular weight is 252 g/mol. The second-order valence-corrected chi connectivity index (χ2v) is 6.49. The van der Waals surface area contributed by atoms with Gasteiger partial charge in [0.1, 0.15) is 0 Å². The highest BCUT2D eigenvalue weighted by atomic mass is 15.2. The van der Waals surface area contributed by atoms with Gasteiger partial charge in [-0.25, -0.2) is 0 Å². The summed E-state index contributed by atoms with van der Waals surface area (Å²) in [6.07, 6.45) is 12.7. The molecule has 0 aromatic carbocycles. The Morgan fingerprint density at radius 1 is 1.17 bits per heavy atom. The zero-order valence-corrected chi connectivity index (χ0v) is 12.6. The van der Waals surface area contributed by atoms with Crippen molar-refractivity contribution >= 4 is 0 Å². The Labute approximate surface area is 114 Å². The summed E-state index contributed by atoms with van der Waals surface area (Å²) in [5.41, 5.74) is 0. The first-order valence-electron chi connectivity index (χ1n) is 8.21. The molecule has 18 heavy (non-hydrogen) atoms. The van der Waals surface area contributed by atoms with Crippen LogP contribution in [0.1, 0.15) is 71.6 Å².